The van der Waals surface area contributed by atoms with E-state index < -0.39 is 22.1 Å². The van der Waals surface area contributed by atoms with Gasteiger partial charge < -0.3 is 14.7 Å². The van der Waals surface area contributed by atoms with Crippen LogP contribution in [0.5, 0.6) is 0 Å². The first-order valence-corrected chi connectivity index (χ1v) is 24.0. The smallest absolute Gasteiger partial charge is 0.244 e. The third-order valence-electron chi connectivity index (χ3n) is 8.02. The van der Waals surface area contributed by atoms with Crippen LogP contribution in [0.1, 0.15) is 30.9 Å². The third-order valence-corrected chi connectivity index (χ3v) is 12.6. The molecule has 4 atom stereocenters. The molecule has 1 aliphatic rings. The second kappa shape index (κ2) is 16.3. The van der Waals surface area contributed by atoms with E-state index in [1.54, 1.807) is 18.2 Å². The van der Waals surface area contributed by atoms with Gasteiger partial charge in [0.2, 0.25) is 22.1 Å². The number of rotatable bonds is 10. The van der Waals surface area contributed by atoms with Gasteiger partial charge in [0, 0.05) is 91.8 Å². The van der Waals surface area contributed by atoms with E-state index in [-0.39, 0.29) is 28.3 Å². The van der Waals surface area contributed by atoms with Gasteiger partial charge in [0.05, 0.1) is 17.1 Å². The summed E-state index contributed by atoms with van der Waals surface area (Å²) in [6.07, 6.45) is 0. The minimum atomic E-state index is -3.59. The molecule has 3 aromatic heterocycles. The number of pyridine rings is 3. The molecule has 18 heteroatoms. The first kappa shape index (κ1) is 40.1. The topological polar surface area (TPSA) is 160 Å². The van der Waals surface area contributed by atoms with Crippen molar-refractivity contribution < 1.29 is 28.4 Å². The zero-order valence-electron chi connectivity index (χ0n) is 27.5. The predicted molar refractivity (Wildman–Crippen MR) is 202 cm³/mol. The Morgan fingerprint density at radius 1 is 0.646 bits per heavy atom. The second-order valence-corrected chi connectivity index (χ2v) is 22.2. The maximum Gasteiger partial charge on any atom is 0.244 e. The SMILES string of the molecule is CC(C)[C@H]1CN(Cc2cc(Br)cc(P(C)(=O)O)n2)CCN(Cc2cc(Br)cc(P(C)(=O)O)n2)CCN1Cc1cc(Br)cc(P(C)(=O)O)n1. The molecule has 3 aromatic rings. The van der Waals surface area contributed by atoms with Crippen molar-refractivity contribution in [2.75, 3.05) is 52.7 Å². The Balaban J connectivity index is 1.72. The summed E-state index contributed by atoms with van der Waals surface area (Å²) < 4.78 is 39.6. The minimum absolute atomic E-state index is 0.0504. The molecule has 4 heterocycles. The van der Waals surface area contributed by atoms with Crippen LogP contribution >= 0.6 is 69.9 Å². The van der Waals surface area contributed by atoms with Crippen LogP contribution in [0.15, 0.2) is 49.8 Å². The molecule has 1 fully saturated rings. The van der Waals surface area contributed by atoms with Gasteiger partial charge in [-0.1, -0.05) is 61.6 Å². The van der Waals surface area contributed by atoms with Crippen LogP contribution in [-0.2, 0) is 33.3 Å². The quantitative estimate of drug-likeness (QED) is 0.244. The first-order valence-electron chi connectivity index (χ1n) is 15.3. The van der Waals surface area contributed by atoms with E-state index in [4.69, 9.17) is 0 Å². The Morgan fingerprint density at radius 2 is 1.00 bits per heavy atom. The van der Waals surface area contributed by atoms with E-state index >= 15 is 0 Å². The molecule has 0 spiro atoms. The Bertz CT molecular complexity index is 1770. The maximum absolute atomic E-state index is 12.5. The number of hydrogen-bond donors (Lipinski definition) is 3. The van der Waals surface area contributed by atoms with Gasteiger partial charge in [0.15, 0.2) is 0 Å². The summed E-state index contributed by atoms with van der Waals surface area (Å²) in [5.41, 5.74) is 2.41. The average molecular weight is 915 g/mol. The minimum Gasteiger partial charge on any atom is -0.340 e. The highest BCUT2D eigenvalue weighted by atomic mass is 79.9. The summed E-state index contributed by atoms with van der Waals surface area (Å²) in [6.45, 7) is 12.7. The highest BCUT2D eigenvalue weighted by molar-refractivity contribution is 9.11. The predicted octanol–water partition coefficient (Wildman–Crippen LogP) is 4.58. The molecule has 264 valence electrons. The number of nitrogens with zero attached hydrogens (tertiary/aromatic N) is 6. The van der Waals surface area contributed by atoms with Crippen molar-refractivity contribution in [2.45, 2.75) is 39.5 Å². The van der Waals surface area contributed by atoms with Crippen LogP contribution in [-0.4, -0.2) is 103 Å². The zero-order chi connectivity index (χ0) is 35.6. The number of aromatic nitrogens is 3. The largest absolute Gasteiger partial charge is 0.340 e. The van der Waals surface area contributed by atoms with Crippen LogP contribution in [0, 0.1) is 5.92 Å². The van der Waals surface area contributed by atoms with Gasteiger partial charge in [-0.2, -0.15) is 0 Å². The molecule has 3 N–H and O–H groups in total. The van der Waals surface area contributed by atoms with Crippen LogP contribution in [0.3, 0.4) is 0 Å². The van der Waals surface area contributed by atoms with Crippen molar-refractivity contribution in [1.29, 1.82) is 0 Å². The molecule has 0 saturated carbocycles. The van der Waals surface area contributed by atoms with Crippen molar-refractivity contribution in [2.24, 2.45) is 5.92 Å². The molecule has 0 amide bonds. The van der Waals surface area contributed by atoms with E-state index in [0.717, 1.165) is 0 Å². The van der Waals surface area contributed by atoms with Crippen molar-refractivity contribution in [3.63, 3.8) is 0 Å². The van der Waals surface area contributed by atoms with Crippen LogP contribution in [0.4, 0.5) is 0 Å². The molecule has 0 aromatic carbocycles. The van der Waals surface area contributed by atoms with Gasteiger partial charge in [-0.15, -0.1) is 0 Å². The molecule has 3 unspecified atom stereocenters. The van der Waals surface area contributed by atoms with E-state index in [1.807, 2.05) is 18.2 Å². The van der Waals surface area contributed by atoms with E-state index in [0.29, 0.717) is 82.9 Å². The second-order valence-electron chi connectivity index (χ2n) is 12.8. The van der Waals surface area contributed by atoms with Gasteiger partial charge >= 0.3 is 0 Å². The summed E-state index contributed by atoms with van der Waals surface area (Å²) in [7, 11) is -10.8. The lowest BCUT2D eigenvalue weighted by molar-refractivity contribution is 0.103. The summed E-state index contributed by atoms with van der Waals surface area (Å²) in [4.78, 5) is 51.4. The molecule has 0 aliphatic carbocycles. The summed E-state index contributed by atoms with van der Waals surface area (Å²) in [5.74, 6) is 0.220. The maximum atomic E-state index is 12.5. The van der Waals surface area contributed by atoms with Gasteiger partial charge in [-0.05, 0) is 42.3 Å². The van der Waals surface area contributed by atoms with Crippen molar-refractivity contribution in [1.82, 2.24) is 29.7 Å². The Labute approximate surface area is 307 Å². The van der Waals surface area contributed by atoms with E-state index in [1.165, 1.54) is 20.0 Å². The van der Waals surface area contributed by atoms with Crippen LogP contribution in [0.25, 0.3) is 0 Å². The molecule has 1 saturated heterocycles. The highest BCUT2D eigenvalue weighted by Gasteiger charge is 2.29. The number of halogens is 3. The lowest BCUT2D eigenvalue weighted by atomic mass is 10.0. The van der Waals surface area contributed by atoms with Gasteiger partial charge in [0.1, 0.15) is 16.3 Å². The van der Waals surface area contributed by atoms with Crippen molar-refractivity contribution >= 4 is 86.2 Å². The highest BCUT2D eigenvalue weighted by Crippen LogP contribution is 2.36. The Kier molecular flexibility index (Phi) is 13.7. The normalized spacial score (nSPS) is 21.1. The van der Waals surface area contributed by atoms with E-state index in [2.05, 4.69) is 91.3 Å². The van der Waals surface area contributed by atoms with Gasteiger partial charge in [0.25, 0.3) is 0 Å². The molecule has 12 nitrogen and oxygen atoms in total. The van der Waals surface area contributed by atoms with E-state index in [9.17, 15) is 28.4 Å². The lowest BCUT2D eigenvalue weighted by Crippen LogP contribution is -2.47. The standard InChI is InChI=1S/C30H42Br3N6O6P3/c1-20(2)27-19-38(17-25-11-22(32)14-29(35-25)47(4,42)43)7-6-37(16-24-10-21(31)13-28(34-24)46(3,40)41)8-9-39(27)18-26-12-23(33)15-30(36-26)48(5,44)45/h10-15,20,27H,6-9,16-19H2,1-5H3,(H,40,41)(H,42,43)(H,44,45)/t27-/m1/s1. The molecule has 0 bridgehead atoms. The monoisotopic (exact) mass is 912 g/mol. The number of hydrogen-bond acceptors (Lipinski definition) is 9. The first-order chi connectivity index (χ1) is 22.2. The molecule has 0 radical (unpaired) electrons. The van der Waals surface area contributed by atoms with Gasteiger partial charge in [-0.3, -0.25) is 28.4 Å². The van der Waals surface area contributed by atoms with Crippen molar-refractivity contribution in [3.8, 4) is 0 Å². The van der Waals surface area contributed by atoms with Crippen molar-refractivity contribution in [3.05, 3.63) is 66.9 Å². The summed E-state index contributed by atoms with van der Waals surface area (Å²) in [5, 5.41) is 0. The fraction of sp³-hybridized carbons (Fsp3) is 0.500. The Hall–Kier alpha value is -0.660. The molecular weight excluding hydrogens is 873 g/mol. The Morgan fingerprint density at radius 3 is 1.40 bits per heavy atom. The average Bonchev–Trinajstić information content (AvgIpc) is 3.01. The molecule has 4 rings (SSSR count). The molecule has 1 aliphatic heterocycles. The van der Waals surface area contributed by atoms with Gasteiger partial charge in [-0.25, -0.2) is 15.0 Å². The fourth-order valence-electron chi connectivity index (χ4n) is 5.59. The third kappa shape index (κ3) is 11.7. The van der Waals surface area contributed by atoms with Crippen LogP contribution in [0.2, 0.25) is 0 Å². The summed E-state index contributed by atoms with van der Waals surface area (Å²) >= 11 is 10.5. The lowest BCUT2D eigenvalue weighted by Gasteiger charge is -2.37. The fourth-order valence-corrected chi connectivity index (χ4v) is 9.64. The summed E-state index contributed by atoms with van der Waals surface area (Å²) in [6, 6.07) is 10.4. The zero-order valence-corrected chi connectivity index (χ0v) is 34.9. The molecular formula is C30H42Br3N6O6P3. The molecule has 48 heavy (non-hydrogen) atoms. The van der Waals surface area contributed by atoms with Crippen LogP contribution < -0.4 is 16.3 Å².